The molecule has 2 rings (SSSR count). The van der Waals surface area contributed by atoms with E-state index >= 15 is 0 Å². The van der Waals surface area contributed by atoms with Crippen molar-refractivity contribution < 1.29 is 19.2 Å². The highest BCUT2D eigenvalue weighted by Gasteiger charge is 2.29. The van der Waals surface area contributed by atoms with Crippen LogP contribution in [0.4, 0.5) is 0 Å². The number of unbranched alkanes of at least 4 members (excludes halogenated alkanes) is 6. The van der Waals surface area contributed by atoms with Gasteiger partial charge in [-0.15, -0.1) is 0 Å². The van der Waals surface area contributed by atoms with Crippen molar-refractivity contribution in [2.45, 2.75) is 97.8 Å². The lowest BCUT2D eigenvalue weighted by molar-refractivity contribution is -0.125. The highest BCUT2D eigenvalue weighted by molar-refractivity contribution is 6.19. The van der Waals surface area contributed by atoms with Crippen molar-refractivity contribution in [2.75, 3.05) is 0 Å². The summed E-state index contributed by atoms with van der Waals surface area (Å²) in [5.74, 6) is -0.826. The lowest BCUT2D eigenvalue weighted by Gasteiger charge is -2.17. The summed E-state index contributed by atoms with van der Waals surface area (Å²) in [5.41, 5.74) is 2.24. The van der Waals surface area contributed by atoms with E-state index in [9.17, 15) is 19.2 Å². The van der Waals surface area contributed by atoms with E-state index in [0.29, 0.717) is 41.1 Å². The summed E-state index contributed by atoms with van der Waals surface area (Å²) in [6.07, 6.45) is 12.5. The van der Waals surface area contributed by atoms with Crippen molar-refractivity contribution in [3.8, 4) is 0 Å². The molecule has 2 heterocycles. The average Bonchev–Trinajstić information content (AvgIpc) is 3.09. The Kier molecular flexibility index (Phi) is 9.47. The minimum Gasteiger partial charge on any atom is -0.289 e. The van der Waals surface area contributed by atoms with Gasteiger partial charge in [0.25, 0.3) is 23.6 Å². The minimum atomic E-state index is -0.295. The first kappa shape index (κ1) is 24.0. The molecule has 0 fully saturated rings. The maximum atomic E-state index is 12.1. The molecule has 166 valence electrons. The van der Waals surface area contributed by atoms with Gasteiger partial charge in [0.1, 0.15) is 0 Å². The van der Waals surface area contributed by atoms with E-state index in [-0.39, 0.29) is 23.6 Å². The number of carbonyl (C=O) groups is 4. The molecule has 0 saturated heterocycles. The monoisotopic (exact) mass is 416 g/mol. The number of hydrogen-bond acceptors (Lipinski definition) is 4. The summed E-state index contributed by atoms with van der Waals surface area (Å²) in [5, 5.41) is 4.73. The van der Waals surface area contributed by atoms with Gasteiger partial charge in [0, 0.05) is 22.3 Å². The van der Waals surface area contributed by atoms with Crippen LogP contribution in [0.25, 0.3) is 0 Å². The Labute approximate surface area is 179 Å². The minimum absolute atomic E-state index is 0.263. The third kappa shape index (κ3) is 6.64. The number of nitrogens with one attached hydrogen (secondary N) is 2. The van der Waals surface area contributed by atoms with Gasteiger partial charge < -0.3 is 0 Å². The molecule has 0 bridgehead atoms. The first-order valence-corrected chi connectivity index (χ1v) is 11.5. The van der Waals surface area contributed by atoms with Crippen LogP contribution in [0.3, 0.4) is 0 Å². The fourth-order valence-corrected chi connectivity index (χ4v) is 4.30. The van der Waals surface area contributed by atoms with Crippen LogP contribution in [-0.4, -0.2) is 23.6 Å². The molecule has 6 nitrogen and oxygen atoms in total. The van der Waals surface area contributed by atoms with Crippen LogP contribution in [-0.2, 0) is 19.2 Å². The van der Waals surface area contributed by atoms with Crippen molar-refractivity contribution in [3.63, 3.8) is 0 Å². The zero-order valence-corrected chi connectivity index (χ0v) is 18.7. The van der Waals surface area contributed by atoms with Crippen molar-refractivity contribution in [3.05, 3.63) is 22.3 Å². The molecule has 6 heteroatoms. The second-order valence-electron chi connectivity index (χ2n) is 8.65. The Morgan fingerprint density at radius 3 is 1.67 bits per heavy atom. The molecule has 2 N–H and O–H groups in total. The van der Waals surface area contributed by atoms with Gasteiger partial charge in [-0.25, -0.2) is 0 Å². The second kappa shape index (κ2) is 11.8. The first-order chi connectivity index (χ1) is 14.3. The third-order valence-electron chi connectivity index (χ3n) is 6.34. The predicted molar refractivity (Wildman–Crippen MR) is 116 cm³/mol. The summed E-state index contributed by atoms with van der Waals surface area (Å²) < 4.78 is 0. The molecular formula is C24H36N2O4. The topological polar surface area (TPSA) is 92.3 Å². The van der Waals surface area contributed by atoms with E-state index in [2.05, 4.69) is 17.6 Å². The van der Waals surface area contributed by atoms with E-state index in [1.54, 1.807) is 13.8 Å². The second-order valence-corrected chi connectivity index (χ2v) is 8.65. The molecular weight excluding hydrogens is 380 g/mol. The quantitative estimate of drug-likeness (QED) is 0.327. The van der Waals surface area contributed by atoms with Crippen LogP contribution in [0.2, 0.25) is 0 Å². The van der Waals surface area contributed by atoms with Crippen LogP contribution in [0.15, 0.2) is 22.3 Å². The standard InChI is InChI=1S/C24H36N2O4/c1-4-5-6-7-8-9-10-12-18(15-20-17(3)22(28)26-24(20)30)13-11-14-19-16(2)21(27)25-23(19)29/h18H,4-15H2,1-3H3,(H,25,27,29)(H,26,28,30). The Morgan fingerprint density at radius 1 is 0.633 bits per heavy atom. The largest absolute Gasteiger partial charge is 0.289 e. The fraction of sp³-hybridized carbons (Fsp3) is 0.667. The Hall–Kier alpha value is -2.24. The number of imide groups is 2. The molecule has 30 heavy (non-hydrogen) atoms. The van der Waals surface area contributed by atoms with Gasteiger partial charge in [-0.1, -0.05) is 58.3 Å². The van der Waals surface area contributed by atoms with Gasteiger partial charge in [-0.3, -0.25) is 29.8 Å². The molecule has 0 radical (unpaired) electrons. The highest BCUT2D eigenvalue weighted by atomic mass is 16.2. The first-order valence-electron chi connectivity index (χ1n) is 11.5. The summed E-state index contributed by atoms with van der Waals surface area (Å²) in [6, 6.07) is 0. The van der Waals surface area contributed by atoms with Gasteiger partial charge in [0.15, 0.2) is 0 Å². The number of rotatable bonds is 14. The maximum absolute atomic E-state index is 12.1. The molecule has 0 aromatic carbocycles. The van der Waals surface area contributed by atoms with Gasteiger partial charge in [-0.05, 0) is 45.4 Å². The maximum Gasteiger partial charge on any atom is 0.254 e. The van der Waals surface area contributed by atoms with Crippen molar-refractivity contribution >= 4 is 23.6 Å². The zero-order chi connectivity index (χ0) is 22.1. The highest BCUT2D eigenvalue weighted by Crippen LogP contribution is 2.29. The summed E-state index contributed by atoms with van der Waals surface area (Å²) in [4.78, 5) is 47.4. The van der Waals surface area contributed by atoms with Crippen molar-refractivity contribution in [2.24, 2.45) is 5.92 Å². The van der Waals surface area contributed by atoms with Crippen LogP contribution < -0.4 is 10.6 Å². The Morgan fingerprint density at radius 2 is 1.13 bits per heavy atom. The molecule has 2 aliphatic rings. The molecule has 0 spiro atoms. The Bertz CT molecular complexity index is 748. The van der Waals surface area contributed by atoms with Gasteiger partial charge in [0.2, 0.25) is 0 Å². The predicted octanol–water partition coefficient (Wildman–Crippen LogP) is 4.25. The van der Waals surface area contributed by atoms with E-state index in [1.807, 2.05) is 0 Å². The number of amides is 4. The summed E-state index contributed by atoms with van der Waals surface area (Å²) in [6.45, 7) is 5.62. The SMILES string of the molecule is CCCCCCCCCC(CCCC1=C(C)C(=O)NC1=O)CC1=C(C)C(=O)NC1=O. The Balaban J connectivity index is 1.88. The lowest BCUT2D eigenvalue weighted by atomic mass is 9.87. The van der Waals surface area contributed by atoms with Gasteiger partial charge >= 0.3 is 0 Å². The van der Waals surface area contributed by atoms with Crippen LogP contribution in [0, 0.1) is 5.92 Å². The summed E-state index contributed by atoms with van der Waals surface area (Å²) >= 11 is 0. The molecule has 1 atom stereocenters. The van der Waals surface area contributed by atoms with Crippen LogP contribution in [0.1, 0.15) is 97.8 Å². The average molecular weight is 417 g/mol. The third-order valence-corrected chi connectivity index (χ3v) is 6.34. The fourth-order valence-electron chi connectivity index (χ4n) is 4.30. The van der Waals surface area contributed by atoms with Crippen molar-refractivity contribution in [1.82, 2.24) is 10.6 Å². The normalized spacial score (nSPS) is 17.8. The molecule has 0 aromatic rings. The zero-order valence-electron chi connectivity index (χ0n) is 18.7. The number of carbonyl (C=O) groups excluding carboxylic acids is 4. The van der Waals surface area contributed by atoms with E-state index in [0.717, 1.165) is 25.7 Å². The summed E-state index contributed by atoms with van der Waals surface area (Å²) in [7, 11) is 0. The van der Waals surface area contributed by atoms with E-state index < -0.39 is 0 Å². The molecule has 0 aromatic heterocycles. The van der Waals surface area contributed by atoms with Crippen LogP contribution >= 0.6 is 0 Å². The molecule has 1 unspecified atom stereocenters. The lowest BCUT2D eigenvalue weighted by Crippen LogP contribution is -2.23. The van der Waals surface area contributed by atoms with E-state index in [1.165, 1.54) is 38.5 Å². The van der Waals surface area contributed by atoms with E-state index in [4.69, 9.17) is 0 Å². The van der Waals surface area contributed by atoms with Crippen LogP contribution in [0.5, 0.6) is 0 Å². The molecule has 4 amide bonds. The van der Waals surface area contributed by atoms with Crippen molar-refractivity contribution in [1.29, 1.82) is 0 Å². The van der Waals surface area contributed by atoms with Gasteiger partial charge in [0.05, 0.1) is 0 Å². The molecule has 0 aliphatic carbocycles. The number of hydrogen-bond donors (Lipinski definition) is 2. The molecule has 0 saturated carbocycles. The van der Waals surface area contributed by atoms with Gasteiger partial charge in [-0.2, -0.15) is 0 Å². The molecule has 2 aliphatic heterocycles. The smallest absolute Gasteiger partial charge is 0.254 e.